The molecule has 1 aliphatic carbocycles. The Kier molecular flexibility index (Phi) is 2.95. The molecule has 1 N–H and O–H groups in total. The van der Waals surface area contributed by atoms with Crippen LogP contribution >= 0.6 is 11.3 Å². The van der Waals surface area contributed by atoms with Crippen LogP contribution in [0.5, 0.6) is 0 Å². The summed E-state index contributed by atoms with van der Waals surface area (Å²) in [4.78, 5) is 4.49. The van der Waals surface area contributed by atoms with E-state index in [2.05, 4.69) is 46.9 Å². The van der Waals surface area contributed by atoms with E-state index in [9.17, 15) is 0 Å². The Labute approximate surface area is 105 Å². The molecule has 0 bridgehead atoms. The smallest absolute Gasteiger partial charge is 0.0809 e. The van der Waals surface area contributed by atoms with Gasteiger partial charge in [0.15, 0.2) is 0 Å². The van der Waals surface area contributed by atoms with Crippen LogP contribution in [0.25, 0.3) is 10.2 Å². The zero-order valence-electron chi connectivity index (χ0n) is 9.89. The maximum absolute atomic E-state index is 4.49. The van der Waals surface area contributed by atoms with E-state index in [1.54, 1.807) is 11.3 Å². The highest BCUT2D eigenvalue weighted by molar-refractivity contribution is 7.17. The van der Waals surface area contributed by atoms with Crippen molar-refractivity contribution in [2.75, 3.05) is 0 Å². The molecular formula is C14H16N2S. The van der Waals surface area contributed by atoms with Crippen LogP contribution in [0.15, 0.2) is 35.9 Å². The molecule has 0 aliphatic heterocycles. The molecule has 0 saturated carbocycles. The molecule has 1 aliphatic rings. The van der Waals surface area contributed by atoms with Crippen molar-refractivity contribution in [3.05, 3.63) is 41.4 Å². The van der Waals surface area contributed by atoms with E-state index in [4.69, 9.17) is 0 Å². The average molecular weight is 244 g/mol. The summed E-state index contributed by atoms with van der Waals surface area (Å²) in [6, 6.07) is 5.30. The Balaban J connectivity index is 1.77. The minimum absolute atomic E-state index is 0.374. The SMILES string of the molecule is CC(NC1CC=CC1)c1cnc2ccsc2c1. The van der Waals surface area contributed by atoms with Crippen LogP contribution in [-0.2, 0) is 0 Å². The molecule has 1 atom stereocenters. The molecule has 0 aromatic carbocycles. The largest absolute Gasteiger partial charge is 0.307 e. The Hall–Kier alpha value is -1.19. The minimum Gasteiger partial charge on any atom is -0.307 e. The summed E-state index contributed by atoms with van der Waals surface area (Å²) < 4.78 is 1.28. The molecule has 0 fully saturated rings. The van der Waals surface area contributed by atoms with Gasteiger partial charge in [-0.05, 0) is 42.8 Å². The molecule has 2 aromatic heterocycles. The zero-order valence-corrected chi connectivity index (χ0v) is 10.7. The lowest BCUT2D eigenvalue weighted by atomic mass is 10.1. The third-order valence-corrected chi connectivity index (χ3v) is 4.17. The normalized spacial score (nSPS) is 17.9. The van der Waals surface area contributed by atoms with Gasteiger partial charge in [-0.2, -0.15) is 0 Å². The monoisotopic (exact) mass is 244 g/mol. The van der Waals surface area contributed by atoms with Crippen molar-refractivity contribution < 1.29 is 0 Å². The Morgan fingerprint density at radius 2 is 2.24 bits per heavy atom. The quantitative estimate of drug-likeness (QED) is 0.833. The molecule has 1 unspecified atom stereocenters. The summed E-state index contributed by atoms with van der Waals surface area (Å²) in [5.74, 6) is 0. The maximum atomic E-state index is 4.49. The van der Waals surface area contributed by atoms with E-state index < -0.39 is 0 Å². The molecule has 0 amide bonds. The van der Waals surface area contributed by atoms with Crippen molar-refractivity contribution in [1.29, 1.82) is 0 Å². The first-order valence-electron chi connectivity index (χ1n) is 6.07. The third kappa shape index (κ3) is 2.26. The Bertz CT molecular complexity index is 536. The molecule has 2 heterocycles. The van der Waals surface area contributed by atoms with Gasteiger partial charge in [-0.15, -0.1) is 11.3 Å². The molecule has 17 heavy (non-hydrogen) atoms. The number of fused-ring (bicyclic) bond motifs is 1. The lowest BCUT2D eigenvalue weighted by molar-refractivity contribution is 0.471. The van der Waals surface area contributed by atoms with Crippen LogP contribution in [0.2, 0.25) is 0 Å². The third-order valence-electron chi connectivity index (χ3n) is 3.32. The molecule has 3 rings (SSSR count). The number of rotatable bonds is 3. The molecule has 2 aromatic rings. The molecule has 0 spiro atoms. The van der Waals surface area contributed by atoms with Gasteiger partial charge < -0.3 is 5.32 Å². The fraction of sp³-hybridized carbons (Fsp3) is 0.357. The van der Waals surface area contributed by atoms with Crippen LogP contribution in [0.1, 0.15) is 31.4 Å². The van der Waals surface area contributed by atoms with E-state index in [1.165, 1.54) is 10.3 Å². The Morgan fingerprint density at radius 3 is 3.06 bits per heavy atom. The number of hydrogen-bond donors (Lipinski definition) is 1. The lowest BCUT2D eigenvalue weighted by Gasteiger charge is -2.19. The van der Waals surface area contributed by atoms with Crippen LogP contribution < -0.4 is 5.32 Å². The predicted octanol–water partition coefficient (Wildman–Crippen LogP) is 3.67. The number of nitrogens with one attached hydrogen (secondary N) is 1. The van der Waals surface area contributed by atoms with E-state index in [0.717, 1.165) is 18.4 Å². The van der Waals surface area contributed by atoms with E-state index in [1.807, 2.05) is 6.20 Å². The first kappa shape index (κ1) is 10.9. The van der Waals surface area contributed by atoms with Gasteiger partial charge in [0.05, 0.1) is 10.2 Å². The van der Waals surface area contributed by atoms with Gasteiger partial charge in [0, 0.05) is 18.3 Å². The van der Waals surface area contributed by atoms with Crippen molar-refractivity contribution in [2.24, 2.45) is 0 Å². The first-order chi connectivity index (χ1) is 8.33. The number of aromatic nitrogens is 1. The average Bonchev–Trinajstić information content (AvgIpc) is 2.97. The van der Waals surface area contributed by atoms with Gasteiger partial charge in [0.1, 0.15) is 0 Å². The molecule has 0 radical (unpaired) electrons. The molecule has 88 valence electrons. The topological polar surface area (TPSA) is 24.9 Å². The van der Waals surface area contributed by atoms with Crippen molar-refractivity contribution in [1.82, 2.24) is 10.3 Å². The summed E-state index contributed by atoms with van der Waals surface area (Å²) in [5.41, 5.74) is 2.39. The second kappa shape index (κ2) is 4.59. The van der Waals surface area contributed by atoms with Crippen LogP contribution in [0.4, 0.5) is 0 Å². The Morgan fingerprint density at radius 1 is 1.41 bits per heavy atom. The van der Waals surface area contributed by atoms with Crippen molar-refractivity contribution >= 4 is 21.6 Å². The summed E-state index contributed by atoms with van der Waals surface area (Å²) in [6.45, 7) is 2.22. The van der Waals surface area contributed by atoms with Crippen molar-refractivity contribution in [3.8, 4) is 0 Å². The second-order valence-electron chi connectivity index (χ2n) is 4.60. The molecule has 3 heteroatoms. The summed E-state index contributed by atoms with van der Waals surface area (Å²) in [5, 5.41) is 5.75. The maximum Gasteiger partial charge on any atom is 0.0809 e. The van der Waals surface area contributed by atoms with Gasteiger partial charge >= 0.3 is 0 Å². The van der Waals surface area contributed by atoms with Gasteiger partial charge in [0.2, 0.25) is 0 Å². The minimum atomic E-state index is 0.374. The van der Waals surface area contributed by atoms with Crippen molar-refractivity contribution in [2.45, 2.75) is 31.8 Å². The number of nitrogens with zero attached hydrogens (tertiary/aromatic N) is 1. The zero-order chi connectivity index (χ0) is 11.7. The lowest BCUT2D eigenvalue weighted by Crippen LogP contribution is -2.29. The fourth-order valence-corrected chi connectivity index (χ4v) is 3.09. The fourth-order valence-electron chi connectivity index (χ4n) is 2.30. The number of hydrogen-bond acceptors (Lipinski definition) is 3. The standard InChI is InChI=1S/C14H16N2S/c1-10(16-12-4-2-3-5-12)11-8-14-13(15-9-11)6-7-17-14/h2-3,6-10,12,16H,4-5H2,1H3. The van der Waals surface area contributed by atoms with Gasteiger partial charge in [-0.3, -0.25) is 4.98 Å². The van der Waals surface area contributed by atoms with E-state index in [-0.39, 0.29) is 0 Å². The summed E-state index contributed by atoms with van der Waals surface area (Å²) in [7, 11) is 0. The van der Waals surface area contributed by atoms with Gasteiger partial charge in [0.25, 0.3) is 0 Å². The summed E-state index contributed by atoms with van der Waals surface area (Å²) in [6.07, 6.45) is 8.81. The van der Waals surface area contributed by atoms with Crippen LogP contribution in [0, 0.1) is 0 Å². The molecule has 2 nitrogen and oxygen atoms in total. The first-order valence-corrected chi connectivity index (χ1v) is 6.95. The molecule has 0 saturated heterocycles. The van der Waals surface area contributed by atoms with Crippen LogP contribution in [0.3, 0.4) is 0 Å². The highest BCUT2D eigenvalue weighted by Gasteiger charge is 2.14. The molecular weight excluding hydrogens is 228 g/mol. The predicted molar refractivity (Wildman–Crippen MR) is 73.3 cm³/mol. The highest BCUT2D eigenvalue weighted by Crippen LogP contribution is 2.23. The van der Waals surface area contributed by atoms with E-state index >= 15 is 0 Å². The van der Waals surface area contributed by atoms with Crippen LogP contribution in [-0.4, -0.2) is 11.0 Å². The van der Waals surface area contributed by atoms with Crippen molar-refractivity contribution in [3.63, 3.8) is 0 Å². The second-order valence-corrected chi connectivity index (χ2v) is 5.55. The summed E-state index contributed by atoms with van der Waals surface area (Å²) >= 11 is 1.76. The highest BCUT2D eigenvalue weighted by atomic mass is 32.1. The van der Waals surface area contributed by atoms with E-state index in [0.29, 0.717) is 12.1 Å². The number of thiophene rings is 1. The van der Waals surface area contributed by atoms with Gasteiger partial charge in [-0.1, -0.05) is 12.2 Å². The van der Waals surface area contributed by atoms with Gasteiger partial charge in [-0.25, -0.2) is 0 Å². The number of pyridine rings is 1.